The molecule has 1 aliphatic carbocycles. The summed E-state index contributed by atoms with van der Waals surface area (Å²) in [6.45, 7) is 4.08. The summed E-state index contributed by atoms with van der Waals surface area (Å²) in [6.07, 6.45) is 6.01. The summed E-state index contributed by atoms with van der Waals surface area (Å²) in [5.41, 5.74) is 9.98. The van der Waals surface area contributed by atoms with Crippen LogP contribution in [-0.2, 0) is 0 Å². The number of fused-ring (bicyclic) bond motifs is 1. The molecule has 1 fully saturated rings. The first-order valence-electron chi connectivity index (χ1n) is 11.4. The van der Waals surface area contributed by atoms with Crippen molar-refractivity contribution in [2.75, 3.05) is 5.32 Å². The molecule has 35 heavy (non-hydrogen) atoms. The molecule has 0 amide bonds. The Morgan fingerprint density at radius 3 is 2.31 bits per heavy atom. The molecule has 5 nitrogen and oxygen atoms in total. The predicted molar refractivity (Wildman–Crippen MR) is 151 cm³/mol. The second kappa shape index (κ2) is 12.5. The van der Waals surface area contributed by atoms with Crippen LogP contribution in [0.15, 0.2) is 36.5 Å². The second-order valence-corrected chi connectivity index (χ2v) is 10.2. The van der Waals surface area contributed by atoms with Crippen molar-refractivity contribution in [3.05, 3.63) is 52.1 Å². The van der Waals surface area contributed by atoms with Crippen LogP contribution in [0.2, 0.25) is 10.0 Å². The number of phenols is 1. The number of anilines is 1. The first-order valence-corrected chi connectivity index (χ1v) is 12.1. The first kappa shape index (κ1) is 29.5. The van der Waals surface area contributed by atoms with Crippen LogP contribution in [0.1, 0.15) is 56.3 Å². The van der Waals surface area contributed by atoms with Gasteiger partial charge in [-0.25, -0.2) is 0 Å². The standard InChI is InChI=1S/C26H29Cl2N3O2.2ClH/c1-14(2)9-24(32)20-13-30-23-8-3-15(16-11-21(27)26(33)22(28)12-16)10-19(23)25(20)31-18-6-4-17(29)5-7-18;;/h3,8,10-14,17-18,33H,4-7,9,29H2,1-2H3,(H,30,31);2*1H/t17-,18-;;. The summed E-state index contributed by atoms with van der Waals surface area (Å²) in [7, 11) is 0. The highest BCUT2D eigenvalue weighted by Crippen LogP contribution is 2.38. The summed E-state index contributed by atoms with van der Waals surface area (Å²) >= 11 is 12.3. The molecule has 4 N–H and O–H groups in total. The van der Waals surface area contributed by atoms with Gasteiger partial charge in [0.05, 0.1) is 26.8 Å². The van der Waals surface area contributed by atoms with Gasteiger partial charge in [0, 0.05) is 30.1 Å². The number of pyridine rings is 1. The van der Waals surface area contributed by atoms with E-state index in [1.807, 2.05) is 32.0 Å². The van der Waals surface area contributed by atoms with Gasteiger partial charge >= 0.3 is 0 Å². The lowest BCUT2D eigenvalue weighted by atomic mass is 9.90. The number of nitrogens with one attached hydrogen (secondary N) is 1. The number of carbonyl (C=O) groups is 1. The number of carbonyl (C=O) groups excluding carboxylic acids is 1. The smallest absolute Gasteiger partial charge is 0.166 e. The number of rotatable bonds is 6. The molecule has 4 rings (SSSR count). The molecule has 0 aliphatic heterocycles. The molecule has 3 aromatic rings. The third-order valence-corrected chi connectivity index (χ3v) is 6.81. The Morgan fingerprint density at radius 2 is 1.71 bits per heavy atom. The molecule has 1 aliphatic rings. The summed E-state index contributed by atoms with van der Waals surface area (Å²) in [4.78, 5) is 17.7. The van der Waals surface area contributed by atoms with Crippen LogP contribution in [0, 0.1) is 5.92 Å². The molecule has 1 aromatic heterocycles. The maximum absolute atomic E-state index is 13.1. The lowest BCUT2D eigenvalue weighted by molar-refractivity contribution is 0.0968. The molecule has 9 heteroatoms. The highest BCUT2D eigenvalue weighted by molar-refractivity contribution is 6.37. The molecule has 190 valence electrons. The fourth-order valence-electron chi connectivity index (χ4n) is 4.42. The minimum atomic E-state index is -0.135. The highest BCUT2D eigenvalue weighted by atomic mass is 35.5. The van der Waals surface area contributed by atoms with Crippen molar-refractivity contribution in [3.8, 4) is 16.9 Å². The molecule has 1 heterocycles. The van der Waals surface area contributed by atoms with Crippen molar-refractivity contribution in [1.29, 1.82) is 0 Å². The van der Waals surface area contributed by atoms with Crippen molar-refractivity contribution < 1.29 is 9.90 Å². The molecule has 0 saturated heterocycles. The van der Waals surface area contributed by atoms with Crippen molar-refractivity contribution in [2.24, 2.45) is 11.7 Å². The molecule has 0 bridgehead atoms. The largest absolute Gasteiger partial charge is 0.505 e. The molecule has 1 saturated carbocycles. The van der Waals surface area contributed by atoms with E-state index in [0.717, 1.165) is 53.4 Å². The van der Waals surface area contributed by atoms with Crippen molar-refractivity contribution >= 4 is 70.4 Å². The summed E-state index contributed by atoms with van der Waals surface area (Å²) in [5, 5.41) is 14.9. The van der Waals surface area contributed by atoms with E-state index in [2.05, 4.69) is 10.3 Å². The Kier molecular flexibility index (Phi) is 10.5. The van der Waals surface area contributed by atoms with E-state index >= 15 is 0 Å². The number of Topliss-reactive ketones (excluding diaryl/α,β-unsaturated/α-hetero) is 1. The minimum absolute atomic E-state index is 0. The van der Waals surface area contributed by atoms with Gasteiger partial charge in [-0.1, -0.05) is 43.1 Å². The average Bonchev–Trinajstić information content (AvgIpc) is 2.78. The molecular weight excluding hydrogens is 528 g/mol. The van der Waals surface area contributed by atoms with Gasteiger partial charge in [-0.15, -0.1) is 24.8 Å². The predicted octanol–water partition coefficient (Wildman–Crippen LogP) is 7.67. The van der Waals surface area contributed by atoms with Gasteiger partial charge in [0.15, 0.2) is 11.5 Å². The number of benzene rings is 2. The van der Waals surface area contributed by atoms with Gasteiger partial charge in [0.2, 0.25) is 0 Å². The van der Waals surface area contributed by atoms with Crippen molar-refractivity contribution in [2.45, 2.75) is 58.0 Å². The topological polar surface area (TPSA) is 88.2 Å². The van der Waals surface area contributed by atoms with Gasteiger partial charge in [-0.05, 0) is 67.0 Å². The fourth-order valence-corrected chi connectivity index (χ4v) is 4.91. The van der Waals surface area contributed by atoms with Crippen LogP contribution >= 0.6 is 48.0 Å². The average molecular weight is 559 g/mol. The molecule has 0 atom stereocenters. The van der Waals surface area contributed by atoms with E-state index in [4.69, 9.17) is 28.9 Å². The quantitative estimate of drug-likeness (QED) is 0.270. The number of nitrogens with zero attached hydrogens (tertiary/aromatic N) is 1. The number of phenolic OH excluding ortho intramolecular Hbond substituents is 1. The number of aromatic hydroxyl groups is 1. The zero-order valence-corrected chi connectivity index (χ0v) is 22.8. The zero-order valence-electron chi connectivity index (χ0n) is 19.7. The number of hydrogen-bond acceptors (Lipinski definition) is 5. The van der Waals surface area contributed by atoms with E-state index in [-0.39, 0.29) is 64.4 Å². The molecule has 0 unspecified atom stereocenters. The Balaban J connectivity index is 0.00000216. The van der Waals surface area contributed by atoms with E-state index < -0.39 is 0 Å². The maximum atomic E-state index is 13.1. The Bertz CT molecular complexity index is 1170. The summed E-state index contributed by atoms with van der Waals surface area (Å²) in [6, 6.07) is 9.73. The Hall–Kier alpha value is -1.76. The lowest BCUT2D eigenvalue weighted by Crippen LogP contribution is -2.33. The number of ketones is 1. The normalized spacial score (nSPS) is 17.5. The zero-order chi connectivity index (χ0) is 23.7. The number of aromatic nitrogens is 1. The van der Waals surface area contributed by atoms with Crippen LogP contribution < -0.4 is 11.1 Å². The number of nitrogens with two attached hydrogens (primary N) is 1. The lowest BCUT2D eigenvalue weighted by Gasteiger charge is -2.29. The molecular formula is C26H31Cl4N3O2. The monoisotopic (exact) mass is 557 g/mol. The first-order chi connectivity index (χ1) is 15.7. The van der Waals surface area contributed by atoms with Crippen LogP contribution in [0.25, 0.3) is 22.0 Å². The van der Waals surface area contributed by atoms with E-state index in [0.29, 0.717) is 12.0 Å². The fraction of sp³-hybridized carbons (Fsp3) is 0.385. The maximum Gasteiger partial charge on any atom is 0.166 e. The van der Waals surface area contributed by atoms with Crippen LogP contribution in [0.3, 0.4) is 0 Å². The minimum Gasteiger partial charge on any atom is -0.505 e. The molecule has 0 radical (unpaired) electrons. The Labute approximate surface area is 228 Å². The van der Waals surface area contributed by atoms with Crippen molar-refractivity contribution in [3.63, 3.8) is 0 Å². The second-order valence-electron chi connectivity index (χ2n) is 9.34. The van der Waals surface area contributed by atoms with Crippen LogP contribution in [0.5, 0.6) is 5.75 Å². The van der Waals surface area contributed by atoms with Crippen LogP contribution in [-0.4, -0.2) is 28.0 Å². The number of hydrogen-bond donors (Lipinski definition) is 3. The third-order valence-electron chi connectivity index (χ3n) is 6.23. The van der Waals surface area contributed by atoms with E-state index in [9.17, 15) is 9.90 Å². The van der Waals surface area contributed by atoms with Gasteiger partial charge in [0.1, 0.15) is 0 Å². The SMILES string of the molecule is CC(C)CC(=O)c1cnc2ccc(-c3cc(Cl)c(O)c(Cl)c3)cc2c1N[C@H]1CC[C@H](N)CC1.Cl.Cl. The van der Waals surface area contributed by atoms with E-state index in [1.165, 1.54) is 0 Å². The van der Waals surface area contributed by atoms with Gasteiger partial charge < -0.3 is 16.2 Å². The van der Waals surface area contributed by atoms with Crippen molar-refractivity contribution in [1.82, 2.24) is 4.98 Å². The van der Waals surface area contributed by atoms with Gasteiger partial charge in [0.25, 0.3) is 0 Å². The Morgan fingerprint density at radius 1 is 1.09 bits per heavy atom. The highest BCUT2D eigenvalue weighted by Gasteiger charge is 2.23. The number of halogens is 4. The summed E-state index contributed by atoms with van der Waals surface area (Å²) in [5.74, 6) is 0.195. The summed E-state index contributed by atoms with van der Waals surface area (Å²) < 4.78 is 0. The third kappa shape index (κ3) is 6.72. The molecule has 0 spiro atoms. The van der Waals surface area contributed by atoms with Crippen LogP contribution in [0.4, 0.5) is 5.69 Å². The van der Waals surface area contributed by atoms with Gasteiger partial charge in [-0.2, -0.15) is 0 Å². The van der Waals surface area contributed by atoms with E-state index in [1.54, 1.807) is 18.3 Å². The van der Waals surface area contributed by atoms with Gasteiger partial charge in [-0.3, -0.25) is 9.78 Å². The molecule has 2 aromatic carbocycles.